The SMILES string of the molecule is COCCOC(=O)C1CC1c1cccc(F)c1. The molecule has 1 aliphatic rings. The summed E-state index contributed by atoms with van der Waals surface area (Å²) < 4.78 is 22.8. The van der Waals surface area contributed by atoms with Crippen molar-refractivity contribution in [3.63, 3.8) is 0 Å². The van der Waals surface area contributed by atoms with Gasteiger partial charge in [-0.25, -0.2) is 4.39 Å². The van der Waals surface area contributed by atoms with Crippen molar-refractivity contribution in [1.29, 1.82) is 0 Å². The fourth-order valence-corrected chi connectivity index (χ4v) is 1.89. The summed E-state index contributed by atoms with van der Waals surface area (Å²) in [6.07, 6.45) is 0.745. The highest BCUT2D eigenvalue weighted by Gasteiger charge is 2.45. The number of hydrogen-bond donors (Lipinski definition) is 0. The predicted molar refractivity (Wildman–Crippen MR) is 60.1 cm³/mol. The molecule has 0 heterocycles. The van der Waals surface area contributed by atoms with Crippen LogP contribution in [0.2, 0.25) is 0 Å². The molecule has 1 saturated carbocycles. The van der Waals surface area contributed by atoms with Crippen molar-refractivity contribution in [3.8, 4) is 0 Å². The number of carbonyl (C=O) groups is 1. The van der Waals surface area contributed by atoms with Gasteiger partial charge in [0.1, 0.15) is 12.4 Å². The zero-order valence-electron chi connectivity index (χ0n) is 9.69. The fraction of sp³-hybridized carbons (Fsp3) is 0.462. The van der Waals surface area contributed by atoms with E-state index >= 15 is 0 Å². The highest BCUT2D eigenvalue weighted by atomic mass is 19.1. The molecule has 4 heteroatoms. The summed E-state index contributed by atoms with van der Waals surface area (Å²) in [6, 6.07) is 6.39. The highest BCUT2D eigenvalue weighted by Crippen LogP contribution is 2.48. The predicted octanol–water partition coefficient (Wildman–Crippen LogP) is 2.12. The lowest BCUT2D eigenvalue weighted by Gasteiger charge is -2.03. The van der Waals surface area contributed by atoms with Crippen molar-refractivity contribution >= 4 is 5.97 Å². The van der Waals surface area contributed by atoms with Crippen molar-refractivity contribution in [2.75, 3.05) is 20.3 Å². The molecule has 0 aliphatic heterocycles. The topological polar surface area (TPSA) is 35.5 Å². The Morgan fingerprint density at radius 1 is 1.47 bits per heavy atom. The molecular weight excluding hydrogens is 223 g/mol. The van der Waals surface area contributed by atoms with Crippen LogP contribution in [-0.4, -0.2) is 26.3 Å². The van der Waals surface area contributed by atoms with Crippen molar-refractivity contribution in [2.24, 2.45) is 5.92 Å². The first-order chi connectivity index (χ1) is 8.22. The molecule has 0 bridgehead atoms. The molecule has 0 spiro atoms. The molecular formula is C13H15FO3. The van der Waals surface area contributed by atoms with Crippen LogP contribution in [0.3, 0.4) is 0 Å². The minimum Gasteiger partial charge on any atom is -0.463 e. The van der Waals surface area contributed by atoms with E-state index in [4.69, 9.17) is 9.47 Å². The Bertz CT molecular complexity index is 405. The minimum absolute atomic E-state index is 0.112. The normalized spacial score (nSPS) is 22.2. The first-order valence-corrected chi connectivity index (χ1v) is 5.63. The van der Waals surface area contributed by atoms with E-state index in [1.165, 1.54) is 12.1 Å². The molecule has 1 aromatic carbocycles. The molecule has 1 fully saturated rings. The molecule has 0 N–H and O–H groups in total. The summed E-state index contributed by atoms with van der Waals surface area (Å²) in [7, 11) is 1.56. The smallest absolute Gasteiger partial charge is 0.309 e. The van der Waals surface area contributed by atoms with E-state index in [2.05, 4.69) is 0 Å². The molecule has 0 amide bonds. The lowest BCUT2D eigenvalue weighted by Crippen LogP contribution is -2.12. The zero-order valence-corrected chi connectivity index (χ0v) is 9.69. The lowest BCUT2D eigenvalue weighted by molar-refractivity contribution is -0.146. The van der Waals surface area contributed by atoms with E-state index in [1.807, 2.05) is 6.07 Å². The number of rotatable bonds is 5. The van der Waals surface area contributed by atoms with Gasteiger partial charge in [-0.3, -0.25) is 4.79 Å². The Morgan fingerprint density at radius 3 is 3.00 bits per heavy atom. The van der Waals surface area contributed by atoms with Gasteiger partial charge in [0, 0.05) is 7.11 Å². The van der Waals surface area contributed by atoms with Crippen LogP contribution in [0.1, 0.15) is 17.9 Å². The van der Waals surface area contributed by atoms with Crippen LogP contribution in [0.15, 0.2) is 24.3 Å². The number of benzene rings is 1. The molecule has 2 rings (SSSR count). The summed E-state index contributed by atoms with van der Waals surface area (Å²) in [5.74, 6) is -0.480. The van der Waals surface area contributed by atoms with Gasteiger partial charge < -0.3 is 9.47 Å². The van der Waals surface area contributed by atoms with E-state index in [9.17, 15) is 9.18 Å². The van der Waals surface area contributed by atoms with Crippen LogP contribution in [0.5, 0.6) is 0 Å². The van der Waals surface area contributed by atoms with Crippen molar-refractivity contribution in [3.05, 3.63) is 35.6 Å². The molecule has 2 atom stereocenters. The fourth-order valence-electron chi connectivity index (χ4n) is 1.89. The van der Waals surface area contributed by atoms with E-state index < -0.39 is 0 Å². The van der Waals surface area contributed by atoms with Crippen molar-refractivity contribution in [1.82, 2.24) is 0 Å². The number of halogens is 1. The summed E-state index contributed by atoms with van der Waals surface area (Å²) in [5.41, 5.74) is 0.874. The monoisotopic (exact) mass is 238 g/mol. The second-order valence-electron chi connectivity index (χ2n) is 4.16. The summed E-state index contributed by atoms with van der Waals surface area (Å²) in [4.78, 5) is 11.6. The summed E-state index contributed by atoms with van der Waals surface area (Å²) in [5, 5.41) is 0. The summed E-state index contributed by atoms with van der Waals surface area (Å²) in [6.45, 7) is 0.685. The van der Waals surface area contributed by atoms with Gasteiger partial charge in [-0.1, -0.05) is 12.1 Å². The third-order valence-corrected chi connectivity index (χ3v) is 2.90. The van der Waals surface area contributed by atoms with Crippen LogP contribution in [0.25, 0.3) is 0 Å². The first-order valence-electron chi connectivity index (χ1n) is 5.63. The van der Waals surface area contributed by atoms with E-state index in [1.54, 1.807) is 13.2 Å². The van der Waals surface area contributed by atoms with Gasteiger partial charge in [0.2, 0.25) is 0 Å². The van der Waals surface area contributed by atoms with E-state index in [0.717, 1.165) is 12.0 Å². The highest BCUT2D eigenvalue weighted by molar-refractivity contribution is 5.77. The van der Waals surface area contributed by atoms with Gasteiger partial charge in [0.15, 0.2) is 0 Å². The second kappa shape index (κ2) is 5.27. The molecule has 92 valence electrons. The van der Waals surface area contributed by atoms with Gasteiger partial charge in [0.05, 0.1) is 12.5 Å². The lowest BCUT2D eigenvalue weighted by atomic mass is 10.1. The summed E-state index contributed by atoms with van der Waals surface area (Å²) >= 11 is 0. The number of carbonyl (C=O) groups excluding carboxylic acids is 1. The maximum absolute atomic E-state index is 13.0. The Kier molecular flexibility index (Phi) is 3.74. The standard InChI is InChI=1S/C13H15FO3/c1-16-5-6-17-13(15)12-8-11(12)9-3-2-4-10(14)7-9/h2-4,7,11-12H,5-6,8H2,1H3. The number of ether oxygens (including phenoxy) is 2. The maximum atomic E-state index is 13.0. The van der Waals surface area contributed by atoms with Crippen molar-refractivity contribution < 1.29 is 18.7 Å². The maximum Gasteiger partial charge on any atom is 0.309 e. The average molecular weight is 238 g/mol. The Hall–Kier alpha value is -1.42. The number of hydrogen-bond acceptors (Lipinski definition) is 3. The molecule has 0 radical (unpaired) electrons. The van der Waals surface area contributed by atoms with Crippen LogP contribution >= 0.6 is 0 Å². The third kappa shape index (κ3) is 3.03. The van der Waals surface area contributed by atoms with E-state index in [0.29, 0.717) is 6.61 Å². The van der Waals surface area contributed by atoms with Gasteiger partial charge in [-0.05, 0) is 30.0 Å². The molecule has 17 heavy (non-hydrogen) atoms. The van der Waals surface area contributed by atoms with Gasteiger partial charge in [-0.15, -0.1) is 0 Å². The van der Waals surface area contributed by atoms with Crippen LogP contribution < -0.4 is 0 Å². The quantitative estimate of drug-likeness (QED) is 0.582. The number of methoxy groups -OCH3 is 1. The molecule has 3 nitrogen and oxygen atoms in total. The van der Waals surface area contributed by atoms with Crippen LogP contribution in [0, 0.1) is 11.7 Å². The first kappa shape index (κ1) is 12.0. The van der Waals surface area contributed by atoms with E-state index in [-0.39, 0.29) is 30.2 Å². The largest absolute Gasteiger partial charge is 0.463 e. The molecule has 0 saturated heterocycles. The molecule has 1 aliphatic carbocycles. The van der Waals surface area contributed by atoms with Crippen LogP contribution in [0.4, 0.5) is 4.39 Å². The zero-order chi connectivity index (χ0) is 12.3. The Balaban J connectivity index is 1.85. The number of esters is 1. The minimum atomic E-state index is -0.263. The second-order valence-corrected chi connectivity index (χ2v) is 4.16. The molecule has 0 aromatic heterocycles. The van der Waals surface area contributed by atoms with Gasteiger partial charge in [0.25, 0.3) is 0 Å². The van der Waals surface area contributed by atoms with Crippen LogP contribution in [-0.2, 0) is 14.3 Å². The van der Waals surface area contributed by atoms with Gasteiger partial charge >= 0.3 is 5.97 Å². The van der Waals surface area contributed by atoms with Crippen molar-refractivity contribution in [2.45, 2.75) is 12.3 Å². The molecule has 2 unspecified atom stereocenters. The average Bonchev–Trinajstić information content (AvgIpc) is 3.09. The van der Waals surface area contributed by atoms with Gasteiger partial charge in [-0.2, -0.15) is 0 Å². The molecule has 1 aromatic rings. The Labute approximate surface area is 99.5 Å². The Morgan fingerprint density at radius 2 is 2.29 bits per heavy atom. The third-order valence-electron chi connectivity index (χ3n) is 2.90.